The maximum absolute atomic E-state index is 10.9. The quantitative estimate of drug-likeness (QED) is 0.740. The van der Waals surface area contributed by atoms with Crippen LogP contribution in [-0.2, 0) is 0 Å². The predicted molar refractivity (Wildman–Crippen MR) is 64.4 cm³/mol. The molecule has 0 unspecified atom stereocenters. The Kier molecular flexibility index (Phi) is 5.53. The van der Waals surface area contributed by atoms with Gasteiger partial charge in [-0.1, -0.05) is 33.1 Å². The molecule has 0 aliphatic carbocycles. The Morgan fingerprint density at radius 1 is 1.50 bits per heavy atom. The minimum absolute atomic E-state index is 0.411. The van der Waals surface area contributed by atoms with Gasteiger partial charge < -0.3 is 5.32 Å². The molecule has 5 heteroatoms. The van der Waals surface area contributed by atoms with Gasteiger partial charge in [-0.3, -0.25) is 0 Å². The highest BCUT2D eigenvalue weighted by Crippen LogP contribution is 2.12. The Hall–Kier alpha value is -1.39. The average molecular weight is 224 g/mol. The van der Waals surface area contributed by atoms with Gasteiger partial charge in [0.25, 0.3) is 0 Å². The standard InChI is InChI=1S/C11H20N4O/c1-3-5-6-9(4-2)7-12-10-8-13-15-11(16)14-10/h8-9H,3-7H2,1-2H3,(H2,12,14,15,16)/t9-/m1/s1. The predicted octanol–water partition coefficient (Wildman–Crippen LogP) is 1.79. The molecule has 16 heavy (non-hydrogen) atoms. The Balaban J connectivity index is 2.40. The van der Waals surface area contributed by atoms with Crippen LogP contribution in [0.15, 0.2) is 11.0 Å². The zero-order valence-electron chi connectivity index (χ0n) is 9.99. The maximum Gasteiger partial charge on any atom is 0.363 e. The van der Waals surface area contributed by atoms with E-state index in [9.17, 15) is 4.79 Å². The third kappa shape index (κ3) is 4.42. The van der Waals surface area contributed by atoms with Crippen LogP contribution in [0.5, 0.6) is 0 Å². The lowest BCUT2D eigenvalue weighted by molar-refractivity contribution is 0.472. The molecule has 0 fully saturated rings. The summed E-state index contributed by atoms with van der Waals surface area (Å²) >= 11 is 0. The molecule has 1 aromatic heterocycles. The van der Waals surface area contributed by atoms with Crippen LogP contribution in [0.25, 0.3) is 0 Å². The number of unbranched alkanes of at least 4 members (excludes halogenated alkanes) is 1. The highest BCUT2D eigenvalue weighted by atomic mass is 16.1. The van der Waals surface area contributed by atoms with E-state index in [2.05, 4.69) is 34.3 Å². The number of H-pyrrole nitrogens is 1. The van der Waals surface area contributed by atoms with Gasteiger partial charge in [-0.15, -0.1) is 0 Å². The number of hydrogen-bond acceptors (Lipinski definition) is 4. The van der Waals surface area contributed by atoms with E-state index in [1.54, 1.807) is 0 Å². The third-order valence-corrected chi connectivity index (χ3v) is 2.68. The molecule has 90 valence electrons. The molecule has 1 aromatic rings. The van der Waals surface area contributed by atoms with E-state index in [0.29, 0.717) is 11.7 Å². The van der Waals surface area contributed by atoms with Crippen molar-refractivity contribution < 1.29 is 0 Å². The highest BCUT2D eigenvalue weighted by molar-refractivity contribution is 5.28. The Bertz CT molecular complexity index is 350. The van der Waals surface area contributed by atoms with Crippen molar-refractivity contribution in [3.05, 3.63) is 16.7 Å². The van der Waals surface area contributed by atoms with E-state index in [0.717, 1.165) is 13.0 Å². The van der Waals surface area contributed by atoms with Gasteiger partial charge in [0.05, 0.1) is 6.20 Å². The van der Waals surface area contributed by atoms with E-state index in [1.165, 1.54) is 25.5 Å². The van der Waals surface area contributed by atoms with Crippen LogP contribution in [0.4, 0.5) is 5.82 Å². The summed E-state index contributed by atoms with van der Waals surface area (Å²) in [6, 6.07) is 0. The zero-order valence-corrected chi connectivity index (χ0v) is 9.99. The summed E-state index contributed by atoms with van der Waals surface area (Å²) in [6.45, 7) is 5.24. The monoisotopic (exact) mass is 224 g/mol. The lowest BCUT2D eigenvalue weighted by atomic mass is 9.99. The molecule has 2 N–H and O–H groups in total. The number of aromatic amines is 1. The molecule has 5 nitrogen and oxygen atoms in total. The van der Waals surface area contributed by atoms with E-state index in [4.69, 9.17) is 0 Å². The lowest BCUT2D eigenvalue weighted by Gasteiger charge is -2.14. The van der Waals surface area contributed by atoms with Gasteiger partial charge in [0, 0.05) is 6.54 Å². The first-order valence-corrected chi connectivity index (χ1v) is 5.91. The molecular formula is C11H20N4O. The van der Waals surface area contributed by atoms with Crippen LogP contribution in [0.1, 0.15) is 39.5 Å². The van der Waals surface area contributed by atoms with Crippen molar-refractivity contribution in [2.24, 2.45) is 5.92 Å². The van der Waals surface area contributed by atoms with E-state index in [-0.39, 0.29) is 0 Å². The van der Waals surface area contributed by atoms with Crippen molar-refractivity contribution in [3.63, 3.8) is 0 Å². The average Bonchev–Trinajstić information content (AvgIpc) is 2.29. The molecular weight excluding hydrogens is 204 g/mol. The SMILES string of the molecule is CCCC[C@@H](CC)CNc1cn[nH]c(=O)n1. The summed E-state index contributed by atoms with van der Waals surface area (Å²) < 4.78 is 0. The third-order valence-electron chi connectivity index (χ3n) is 2.68. The smallest absolute Gasteiger partial charge is 0.363 e. The summed E-state index contributed by atoms with van der Waals surface area (Å²) in [6.07, 6.45) is 6.37. The molecule has 0 saturated carbocycles. The maximum atomic E-state index is 10.9. The Morgan fingerprint density at radius 3 is 2.94 bits per heavy atom. The summed E-state index contributed by atoms with van der Waals surface area (Å²) in [5, 5.41) is 9.09. The lowest BCUT2D eigenvalue weighted by Crippen LogP contribution is -2.19. The van der Waals surface area contributed by atoms with E-state index >= 15 is 0 Å². The second-order valence-corrected chi connectivity index (χ2v) is 3.97. The van der Waals surface area contributed by atoms with Crippen molar-refractivity contribution >= 4 is 5.82 Å². The summed E-state index contributed by atoms with van der Waals surface area (Å²) in [5.74, 6) is 1.19. The molecule has 1 atom stereocenters. The first-order valence-electron chi connectivity index (χ1n) is 5.91. The van der Waals surface area contributed by atoms with Crippen LogP contribution >= 0.6 is 0 Å². The number of rotatable bonds is 7. The Labute approximate surface area is 95.7 Å². The molecule has 0 saturated heterocycles. The molecule has 1 rings (SSSR count). The number of anilines is 1. The van der Waals surface area contributed by atoms with Gasteiger partial charge in [-0.25, -0.2) is 9.89 Å². The fraction of sp³-hybridized carbons (Fsp3) is 0.727. The first kappa shape index (κ1) is 12.7. The normalized spacial score (nSPS) is 12.4. The van der Waals surface area contributed by atoms with Gasteiger partial charge >= 0.3 is 5.69 Å². The molecule has 0 amide bonds. The second kappa shape index (κ2) is 6.98. The van der Waals surface area contributed by atoms with Gasteiger partial charge in [0.1, 0.15) is 0 Å². The summed E-state index contributed by atoms with van der Waals surface area (Å²) in [5.41, 5.74) is -0.411. The largest absolute Gasteiger partial charge is 0.368 e. The minimum Gasteiger partial charge on any atom is -0.368 e. The van der Waals surface area contributed by atoms with Crippen molar-refractivity contribution in [1.29, 1.82) is 0 Å². The van der Waals surface area contributed by atoms with Crippen LogP contribution < -0.4 is 11.0 Å². The van der Waals surface area contributed by atoms with Gasteiger partial charge in [0.15, 0.2) is 5.82 Å². The fourth-order valence-electron chi connectivity index (χ4n) is 1.59. The minimum atomic E-state index is -0.411. The fourth-order valence-corrected chi connectivity index (χ4v) is 1.59. The molecule has 0 aliphatic heterocycles. The van der Waals surface area contributed by atoms with E-state index in [1.807, 2.05) is 0 Å². The van der Waals surface area contributed by atoms with Gasteiger partial charge in [0.2, 0.25) is 0 Å². The van der Waals surface area contributed by atoms with E-state index < -0.39 is 5.69 Å². The number of hydrogen-bond donors (Lipinski definition) is 2. The van der Waals surface area contributed by atoms with Crippen molar-refractivity contribution in [2.45, 2.75) is 39.5 Å². The van der Waals surface area contributed by atoms with Crippen LogP contribution in [-0.4, -0.2) is 21.7 Å². The van der Waals surface area contributed by atoms with Gasteiger partial charge in [-0.05, 0) is 12.3 Å². The zero-order chi connectivity index (χ0) is 11.8. The molecule has 0 aliphatic rings. The molecule has 0 spiro atoms. The highest BCUT2D eigenvalue weighted by Gasteiger charge is 2.05. The Morgan fingerprint density at radius 2 is 2.31 bits per heavy atom. The first-order chi connectivity index (χ1) is 7.76. The topological polar surface area (TPSA) is 70.7 Å². The number of aromatic nitrogens is 3. The molecule has 1 heterocycles. The van der Waals surface area contributed by atoms with Crippen molar-refractivity contribution in [1.82, 2.24) is 15.2 Å². The van der Waals surface area contributed by atoms with Crippen LogP contribution in [0, 0.1) is 5.92 Å². The number of nitrogens with zero attached hydrogens (tertiary/aromatic N) is 2. The summed E-state index contributed by atoms with van der Waals surface area (Å²) in [4.78, 5) is 14.7. The van der Waals surface area contributed by atoms with Gasteiger partial charge in [-0.2, -0.15) is 10.1 Å². The number of nitrogens with one attached hydrogen (secondary N) is 2. The van der Waals surface area contributed by atoms with Crippen LogP contribution in [0.3, 0.4) is 0 Å². The van der Waals surface area contributed by atoms with Crippen LogP contribution in [0.2, 0.25) is 0 Å². The van der Waals surface area contributed by atoms with Crippen molar-refractivity contribution in [3.8, 4) is 0 Å². The van der Waals surface area contributed by atoms with Crippen molar-refractivity contribution in [2.75, 3.05) is 11.9 Å². The second-order valence-electron chi connectivity index (χ2n) is 3.97. The molecule has 0 bridgehead atoms. The summed E-state index contributed by atoms with van der Waals surface area (Å²) in [7, 11) is 0. The molecule has 0 radical (unpaired) electrons. The molecule has 0 aromatic carbocycles.